The molecule has 1 saturated carbocycles. The van der Waals surface area contributed by atoms with Gasteiger partial charge in [-0.1, -0.05) is 31.4 Å². The number of hydrogen-bond acceptors (Lipinski definition) is 6. The van der Waals surface area contributed by atoms with Crippen LogP contribution in [0.15, 0.2) is 50.5 Å². The summed E-state index contributed by atoms with van der Waals surface area (Å²) in [6.45, 7) is 4.48. The van der Waals surface area contributed by atoms with Crippen molar-refractivity contribution in [3.05, 3.63) is 58.1 Å². The number of rotatable bonds is 6. The van der Waals surface area contributed by atoms with E-state index in [9.17, 15) is 18.0 Å². The smallest absolute Gasteiger partial charge is 0.339 e. The van der Waals surface area contributed by atoms with Gasteiger partial charge in [0, 0.05) is 32.0 Å². The first-order valence-corrected chi connectivity index (χ1v) is 13.3. The highest BCUT2D eigenvalue weighted by Gasteiger charge is 2.46. The van der Waals surface area contributed by atoms with Gasteiger partial charge in [-0.15, -0.1) is 0 Å². The van der Waals surface area contributed by atoms with Crippen LogP contribution in [-0.2, 0) is 14.8 Å². The van der Waals surface area contributed by atoms with Crippen LogP contribution in [0.2, 0.25) is 0 Å². The van der Waals surface area contributed by atoms with Crippen LogP contribution >= 0.6 is 0 Å². The number of ether oxygens (including phenoxy) is 1. The molecule has 4 rings (SSSR count). The van der Waals surface area contributed by atoms with E-state index in [4.69, 9.17) is 9.15 Å². The lowest BCUT2D eigenvalue weighted by Crippen LogP contribution is -2.61. The molecule has 2 heterocycles. The molecule has 8 nitrogen and oxygen atoms in total. The summed E-state index contributed by atoms with van der Waals surface area (Å²) < 4.78 is 40.2. The van der Waals surface area contributed by atoms with E-state index >= 15 is 0 Å². The molecule has 1 amide bonds. The molecule has 0 bridgehead atoms. The van der Waals surface area contributed by atoms with Crippen molar-refractivity contribution in [1.29, 1.82) is 0 Å². The van der Waals surface area contributed by atoms with Gasteiger partial charge >= 0.3 is 5.63 Å². The highest BCUT2D eigenvalue weighted by Crippen LogP contribution is 2.33. The number of likely N-dealkylation sites (tertiary alicyclic amines) is 1. The molecule has 0 radical (unpaired) electrons. The van der Waals surface area contributed by atoms with Crippen molar-refractivity contribution >= 4 is 15.9 Å². The monoisotopic (exact) mass is 488 g/mol. The van der Waals surface area contributed by atoms with Gasteiger partial charge in [-0.25, -0.2) is 13.2 Å². The largest absolute Gasteiger partial charge is 0.490 e. The van der Waals surface area contributed by atoms with Gasteiger partial charge < -0.3 is 14.1 Å². The Labute approximate surface area is 200 Å². The first-order valence-electron chi connectivity index (χ1n) is 11.9. The lowest BCUT2D eigenvalue weighted by atomic mass is 9.81. The summed E-state index contributed by atoms with van der Waals surface area (Å²) in [7, 11) is -3.84. The maximum Gasteiger partial charge on any atom is 0.339 e. The van der Waals surface area contributed by atoms with Crippen molar-refractivity contribution in [3.63, 3.8) is 0 Å². The number of piperidine rings is 1. The summed E-state index contributed by atoms with van der Waals surface area (Å²) in [6.07, 6.45) is 4.66. The number of carbonyl (C=O) groups is 1. The Kier molecular flexibility index (Phi) is 7.14. The molecular formula is C25H32N2O6S. The Hall–Kier alpha value is -2.65. The van der Waals surface area contributed by atoms with Gasteiger partial charge in [-0.2, -0.15) is 4.72 Å². The average Bonchev–Trinajstić information content (AvgIpc) is 2.79. The summed E-state index contributed by atoms with van der Waals surface area (Å²) in [5.74, 6) is 0.793. The first kappa shape index (κ1) is 24.5. The lowest BCUT2D eigenvalue weighted by molar-refractivity contribution is -0.140. The standard InChI is InChI=1S/C25H32N2O6S/c1-18-7-6-8-22(15-18)34(30,31)26-25(11-4-3-5-12-25)24(29)27-13-9-20(10-14-27)33-21-16-19(2)32-23(28)17-21/h6-8,15-17,20,26H,3-5,9-14H2,1-2H3. The van der Waals surface area contributed by atoms with Crippen LogP contribution in [0.4, 0.5) is 0 Å². The van der Waals surface area contributed by atoms with Crippen molar-refractivity contribution in [2.45, 2.75) is 75.3 Å². The number of carbonyl (C=O) groups excluding carboxylic acids is 1. The molecule has 2 aromatic rings. The Morgan fingerprint density at radius 2 is 1.79 bits per heavy atom. The Morgan fingerprint density at radius 3 is 2.44 bits per heavy atom. The van der Waals surface area contributed by atoms with Gasteiger partial charge in [-0.05, 0) is 44.4 Å². The molecule has 0 spiro atoms. The van der Waals surface area contributed by atoms with E-state index in [1.807, 2.05) is 13.0 Å². The summed E-state index contributed by atoms with van der Waals surface area (Å²) in [6, 6.07) is 9.74. The zero-order valence-corrected chi connectivity index (χ0v) is 20.5. The predicted octanol–water partition coefficient (Wildman–Crippen LogP) is 3.31. The molecule has 1 aromatic carbocycles. The second kappa shape index (κ2) is 9.92. The molecular weight excluding hydrogens is 456 g/mol. The van der Waals surface area contributed by atoms with Crippen LogP contribution in [0.5, 0.6) is 5.75 Å². The number of nitrogens with zero attached hydrogens (tertiary/aromatic N) is 1. The van der Waals surface area contributed by atoms with Gasteiger partial charge in [0.2, 0.25) is 15.9 Å². The second-order valence-corrected chi connectivity index (χ2v) is 11.1. The molecule has 1 N–H and O–H groups in total. The van der Waals surface area contributed by atoms with Gasteiger partial charge in [0.1, 0.15) is 23.2 Å². The Balaban J connectivity index is 1.46. The molecule has 184 valence electrons. The fourth-order valence-corrected chi connectivity index (χ4v) is 6.45. The molecule has 34 heavy (non-hydrogen) atoms. The zero-order valence-electron chi connectivity index (χ0n) is 19.7. The van der Waals surface area contributed by atoms with Crippen LogP contribution < -0.4 is 15.1 Å². The summed E-state index contributed by atoms with van der Waals surface area (Å²) in [4.78, 5) is 27.2. The molecule has 2 aliphatic rings. The molecule has 1 aromatic heterocycles. The molecule has 0 unspecified atom stereocenters. The first-order chi connectivity index (χ1) is 16.2. The van der Waals surface area contributed by atoms with E-state index in [2.05, 4.69) is 4.72 Å². The van der Waals surface area contributed by atoms with E-state index in [1.54, 1.807) is 36.1 Å². The molecule has 9 heteroatoms. The van der Waals surface area contributed by atoms with E-state index < -0.39 is 21.2 Å². The highest BCUT2D eigenvalue weighted by molar-refractivity contribution is 7.89. The maximum absolute atomic E-state index is 13.7. The van der Waals surface area contributed by atoms with Gasteiger partial charge in [0.25, 0.3) is 0 Å². The van der Waals surface area contributed by atoms with Crippen molar-refractivity contribution in [1.82, 2.24) is 9.62 Å². The number of nitrogens with one attached hydrogen (secondary N) is 1. The molecule has 0 atom stereocenters. The Bertz CT molecular complexity index is 1190. The number of benzene rings is 1. The van der Waals surface area contributed by atoms with Crippen molar-refractivity contribution in [2.24, 2.45) is 0 Å². The van der Waals surface area contributed by atoms with E-state index in [1.165, 1.54) is 6.07 Å². The van der Waals surface area contributed by atoms with E-state index in [-0.39, 0.29) is 16.9 Å². The minimum Gasteiger partial charge on any atom is -0.490 e. The zero-order chi connectivity index (χ0) is 24.3. The lowest BCUT2D eigenvalue weighted by Gasteiger charge is -2.42. The number of amides is 1. The summed E-state index contributed by atoms with van der Waals surface area (Å²) in [5, 5.41) is 0. The summed E-state index contributed by atoms with van der Waals surface area (Å²) in [5.41, 5.74) is -0.729. The number of hydrogen-bond donors (Lipinski definition) is 1. The van der Waals surface area contributed by atoms with Crippen molar-refractivity contribution in [3.8, 4) is 5.75 Å². The molecule has 1 aliphatic heterocycles. The number of sulfonamides is 1. The Morgan fingerprint density at radius 1 is 1.09 bits per heavy atom. The molecule has 1 saturated heterocycles. The van der Waals surface area contributed by atoms with Gasteiger partial charge in [-0.3, -0.25) is 4.79 Å². The highest BCUT2D eigenvalue weighted by atomic mass is 32.2. The number of aryl methyl sites for hydroxylation is 2. The molecule has 1 aliphatic carbocycles. The fraction of sp³-hybridized carbons (Fsp3) is 0.520. The van der Waals surface area contributed by atoms with Crippen LogP contribution in [0, 0.1) is 13.8 Å². The normalized spacial score (nSPS) is 19.1. The van der Waals surface area contributed by atoms with Crippen LogP contribution in [0.25, 0.3) is 0 Å². The quantitative estimate of drug-likeness (QED) is 0.669. The van der Waals surface area contributed by atoms with E-state index in [0.29, 0.717) is 50.3 Å². The molecule has 2 fully saturated rings. The third kappa shape index (κ3) is 5.52. The minimum absolute atomic E-state index is 0.128. The van der Waals surface area contributed by atoms with Crippen molar-refractivity contribution < 1.29 is 22.4 Å². The van der Waals surface area contributed by atoms with Crippen molar-refractivity contribution in [2.75, 3.05) is 13.1 Å². The minimum atomic E-state index is -3.84. The van der Waals surface area contributed by atoms with Crippen LogP contribution in [-0.4, -0.2) is 44.0 Å². The van der Waals surface area contributed by atoms with Crippen LogP contribution in [0.1, 0.15) is 56.3 Å². The third-order valence-electron chi connectivity index (χ3n) is 6.65. The van der Waals surface area contributed by atoms with Crippen LogP contribution in [0.3, 0.4) is 0 Å². The average molecular weight is 489 g/mol. The fourth-order valence-electron chi connectivity index (χ4n) is 4.93. The SMILES string of the molecule is Cc1cccc(S(=O)(=O)NC2(C(=O)N3CCC(Oc4cc(C)oc(=O)c4)CC3)CCCCC2)c1. The van der Waals surface area contributed by atoms with Gasteiger partial charge in [0.05, 0.1) is 11.0 Å². The van der Waals surface area contributed by atoms with E-state index in [0.717, 1.165) is 24.8 Å². The van der Waals surface area contributed by atoms with Gasteiger partial charge in [0.15, 0.2) is 0 Å². The summed E-state index contributed by atoms with van der Waals surface area (Å²) >= 11 is 0. The topological polar surface area (TPSA) is 106 Å². The maximum atomic E-state index is 13.7. The predicted molar refractivity (Wildman–Crippen MR) is 127 cm³/mol. The second-order valence-electron chi connectivity index (χ2n) is 9.40. The third-order valence-corrected chi connectivity index (χ3v) is 8.18.